The lowest BCUT2D eigenvalue weighted by atomic mass is 9.99. The quantitative estimate of drug-likeness (QED) is 0.144. The van der Waals surface area contributed by atoms with Gasteiger partial charge in [-0.3, -0.25) is 0 Å². The molecule has 0 amide bonds. The van der Waals surface area contributed by atoms with E-state index in [1.54, 1.807) is 12.1 Å². The number of benzene rings is 4. The van der Waals surface area contributed by atoms with Crippen LogP contribution in [0, 0.1) is 0 Å². The van der Waals surface area contributed by atoms with E-state index in [1.807, 2.05) is 54.6 Å². The van der Waals surface area contributed by atoms with Crippen molar-refractivity contribution in [2.24, 2.45) is 0 Å². The fraction of sp³-hybridized carbons (Fsp3) is 0.278. The molecule has 49 heavy (non-hydrogen) atoms. The first-order chi connectivity index (χ1) is 23.5. The lowest BCUT2D eigenvalue weighted by molar-refractivity contribution is 0.385. The number of phenolic OH excluding ortho intramolecular Hbond substituents is 2. The molecule has 0 bridgehead atoms. The Morgan fingerprint density at radius 3 is 1.61 bits per heavy atom. The second kappa shape index (κ2) is 17.5. The van der Waals surface area contributed by atoms with Crippen molar-refractivity contribution in [3.05, 3.63) is 125 Å². The standard InChI is InChI=1S/C18H17Cl3N2OS.C18H18Cl2N2OS/c19-13-3-1-11(2-4-13)5-7-22-18(25)23-8-6-12-9-15(20)17(24)16(21)14(12)10-23;19-14-4-1-12(2-5-14)7-9-21-18(24)22-10-8-13-3-6-16(23)17(20)15(13)11-22/h1-4,9,24H,5-8,10H2,(H,22,25);1-6,23H,7-11H2,(H,21,24). The zero-order valence-electron chi connectivity index (χ0n) is 26.4. The van der Waals surface area contributed by atoms with E-state index in [1.165, 1.54) is 16.7 Å². The molecular formula is C36H35Cl5N4O2S2. The van der Waals surface area contributed by atoms with Gasteiger partial charge in [0.25, 0.3) is 0 Å². The summed E-state index contributed by atoms with van der Waals surface area (Å²) >= 11 is 41.3. The number of aromatic hydroxyl groups is 2. The number of rotatable bonds is 6. The molecule has 13 heteroatoms. The van der Waals surface area contributed by atoms with E-state index in [0.29, 0.717) is 38.4 Å². The topological polar surface area (TPSA) is 71.0 Å². The summed E-state index contributed by atoms with van der Waals surface area (Å²) in [6.07, 6.45) is 3.39. The van der Waals surface area contributed by atoms with Gasteiger partial charge in [0.2, 0.25) is 0 Å². The molecule has 6 rings (SSSR count). The molecule has 2 aliphatic rings. The Labute approximate surface area is 322 Å². The SMILES string of the molecule is Oc1c(Cl)cc2c(c1Cl)CN(C(=S)NCCc1ccc(Cl)cc1)CC2.Oc1ccc2c(c1Cl)CN(C(=S)NCCc1ccc(Cl)cc1)CC2. The van der Waals surface area contributed by atoms with Crippen molar-refractivity contribution in [2.45, 2.75) is 38.8 Å². The smallest absolute Gasteiger partial charge is 0.169 e. The number of hydrogen-bond acceptors (Lipinski definition) is 4. The van der Waals surface area contributed by atoms with E-state index < -0.39 is 0 Å². The predicted octanol–water partition coefficient (Wildman–Crippen LogP) is 9.00. The highest BCUT2D eigenvalue weighted by Crippen LogP contribution is 2.39. The average Bonchev–Trinajstić information content (AvgIpc) is 3.10. The van der Waals surface area contributed by atoms with Gasteiger partial charge in [-0.25, -0.2) is 0 Å². The molecule has 0 fully saturated rings. The third kappa shape index (κ3) is 9.97. The normalized spacial score (nSPS) is 13.5. The summed E-state index contributed by atoms with van der Waals surface area (Å²) in [6, 6.07) is 21.0. The zero-order valence-corrected chi connectivity index (χ0v) is 31.8. The van der Waals surface area contributed by atoms with Crippen LogP contribution in [0.3, 0.4) is 0 Å². The number of hydrogen-bond donors (Lipinski definition) is 4. The van der Waals surface area contributed by atoms with Crippen LogP contribution in [0.4, 0.5) is 0 Å². The van der Waals surface area contributed by atoms with Crippen LogP contribution in [-0.2, 0) is 38.8 Å². The minimum atomic E-state index is -0.0643. The van der Waals surface area contributed by atoms with Crippen LogP contribution in [0.2, 0.25) is 25.1 Å². The first kappa shape index (κ1) is 37.6. The molecule has 0 aromatic heterocycles. The van der Waals surface area contributed by atoms with Gasteiger partial charge in [0.05, 0.1) is 15.1 Å². The van der Waals surface area contributed by atoms with Crippen LogP contribution in [0.5, 0.6) is 11.5 Å². The van der Waals surface area contributed by atoms with Crippen LogP contribution in [0.1, 0.15) is 33.4 Å². The van der Waals surface area contributed by atoms with Gasteiger partial charge in [0.1, 0.15) is 5.75 Å². The first-order valence-corrected chi connectivity index (χ1v) is 18.4. The van der Waals surface area contributed by atoms with E-state index in [-0.39, 0.29) is 11.5 Å². The fourth-order valence-corrected chi connectivity index (χ4v) is 7.27. The third-order valence-corrected chi connectivity index (χ3v) is 10.9. The van der Waals surface area contributed by atoms with Gasteiger partial charge < -0.3 is 30.6 Å². The van der Waals surface area contributed by atoms with Crippen molar-refractivity contribution in [2.75, 3.05) is 26.2 Å². The number of thiocarbonyl (C=S) groups is 2. The molecule has 4 N–H and O–H groups in total. The summed E-state index contributed by atoms with van der Waals surface area (Å²) in [5, 5.41) is 30.2. The molecule has 2 heterocycles. The Bertz CT molecular complexity index is 1810. The molecule has 4 aromatic carbocycles. The molecule has 2 aliphatic heterocycles. The highest BCUT2D eigenvalue weighted by molar-refractivity contribution is 7.80. The summed E-state index contributed by atoms with van der Waals surface area (Å²) in [5.41, 5.74) is 6.51. The van der Waals surface area contributed by atoms with Crippen LogP contribution in [0.25, 0.3) is 0 Å². The Morgan fingerprint density at radius 1 is 0.633 bits per heavy atom. The maximum Gasteiger partial charge on any atom is 0.169 e. The maximum atomic E-state index is 9.93. The van der Waals surface area contributed by atoms with E-state index in [9.17, 15) is 10.2 Å². The van der Waals surface area contributed by atoms with Crippen LogP contribution >= 0.6 is 82.4 Å². The van der Waals surface area contributed by atoms with Gasteiger partial charge >= 0.3 is 0 Å². The first-order valence-electron chi connectivity index (χ1n) is 15.7. The fourth-order valence-electron chi connectivity index (χ4n) is 5.70. The minimum absolute atomic E-state index is 0.0643. The van der Waals surface area contributed by atoms with Gasteiger partial charge in [-0.15, -0.1) is 0 Å². The summed E-state index contributed by atoms with van der Waals surface area (Å²) < 4.78 is 0. The van der Waals surface area contributed by atoms with Gasteiger partial charge in [0.15, 0.2) is 16.0 Å². The number of nitrogens with zero attached hydrogens (tertiary/aromatic N) is 2. The second-order valence-corrected chi connectivity index (χ2v) is 14.6. The summed E-state index contributed by atoms with van der Waals surface area (Å²) in [7, 11) is 0. The van der Waals surface area contributed by atoms with Crippen LogP contribution in [0.15, 0.2) is 66.7 Å². The number of phenols is 2. The van der Waals surface area contributed by atoms with Crippen molar-refractivity contribution in [3.8, 4) is 11.5 Å². The maximum absolute atomic E-state index is 9.93. The number of fused-ring (bicyclic) bond motifs is 2. The van der Waals surface area contributed by atoms with Gasteiger partial charge in [-0.1, -0.05) is 88.3 Å². The zero-order chi connectivity index (χ0) is 35.1. The molecule has 0 aliphatic carbocycles. The van der Waals surface area contributed by atoms with Gasteiger partial charge in [0, 0.05) is 49.3 Å². The van der Waals surface area contributed by atoms with E-state index in [4.69, 9.17) is 82.4 Å². The molecule has 0 saturated heterocycles. The summed E-state index contributed by atoms with van der Waals surface area (Å²) in [6.45, 7) is 4.32. The second-order valence-electron chi connectivity index (χ2n) is 11.8. The Kier molecular flexibility index (Phi) is 13.4. The van der Waals surface area contributed by atoms with Crippen molar-refractivity contribution in [3.63, 3.8) is 0 Å². The highest BCUT2D eigenvalue weighted by Gasteiger charge is 2.24. The predicted molar refractivity (Wildman–Crippen MR) is 211 cm³/mol. The van der Waals surface area contributed by atoms with Gasteiger partial charge in [-0.2, -0.15) is 0 Å². The molecule has 0 spiro atoms. The number of halogens is 5. The van der Waals surface area contributed by atoms with Crippen molar-refractivity contribution in [1.29, 1.82) is 0 Å². The molecule has 0 unspecified atom stereocenters. The van der Waals surface area contributed by atoms with Gasteiger partial charge in [-0.05, 0) is 120 Å². The average molecular weight is 797 g/mol. The van der Waals surface area contributed by atoms with E-state index in [2.05, 4.69) is 20.4 Å². The third-order valence-electron chi connectivity index (χ3n) is 8.49. The number of nitrogens with one attached hydrogen (secondary N) is 2. The van der Waals surface area contributed by atoms with Crippen LogP contribution in [-0.4, -0.2) is 56.4 Å². The highest BCUT2D eigenvalue weighted by atomic mass is 35.5. The molecular weight excluding hydrogens is 762 g/mol. The van der Waals surface area contributed by atoms with Crippen molar-refractivity contribution < 1.29 is 10.2 Å². The Hall–Kier alpha value is -2.69. The summed E-state index contributed by atoms with van der Waals surface area (Å²) in [4.78, 5) is 4.14. The van der Waals surface area contributed by atoms with E-state index in [0.717, 1.165) is 78.6 Å². The molecule has 4 aromatic rings. The monoisotopic (exact) mass is 794 g/mol. The van der Waals surface area contributed by atoms with E-state index >= 15 is 0 Å². The Morgan fingerprint density at radius 2 is 1.10 bits per heavy atom. The lowest BCUT2D eigenvalue weighted by Crippen LogP contribution is -2.43. The Balaban J connectivity index is 0.000000191. The molecule has 0 radical (unpaired) electrons. The van der Waals surface area contributed by atoms with Crippen molar-refractivity contribution in [1.82, 2.24) is 20.4 Å². The molecule has 6 nitrogen and oxygen atoms in total. The molecule has 258 valence electrons. The summed E-state index contributed by atoms with van der Waals surface area (Å²) in [5.74, 6) is 0.0597. The minimum Gasteiger partial charge on any atom is -0.506 e. The molecule has 0 saturated carbocycles. The lowest BCUT2D eigenvalue weighted by Gasteiger charge is -2.32. The van der Waals surface area contributed by atoms with Crippen molar-refractivity contribution >= 4 is 92.7 Å². The van der Waals surface area contributed by atoms with Crippen LogP contribution < -0.4 is 10.6 Å². The molecule has 0 atom stereocenters. The largest absolute Gasteiger partial charge is 0.506 e.